The number of hydrogen-bond acceptors (Lipinski definition) is 4. The van der Waals surface area contributed by atoms with Gasteiger partial charge in [0.25, 0.3) is 9.84 Å². The van der Waals surface area contributed by atoms with E-state index >= 15 is 0 Å². The van der Waals surface area contributed by atoms with Gasteiger partial charge in [0, 0.05) is 0 Å². The first-order chi connectivity index (χ1) is 9.61. The van der Waals surface area contributed by atoms with Crippen molar-refractivity contribution in [3.63, 3.8) is 0 Å². The summed E-state index contributed by atoms with van der Waals surface area (Å²) >= 11 is 0. The summed E-state index contributed by atoms with van der Waals surface area (Å²) in [5, 5.41) is 11.2. The highest BCUT2D eigenvalue weighted by Crippen LogP contribution is 2.34. The maximum atomic E-state index is 12.6. The molecule has 116 valence electrons. The van der Waals surface area contributed by atoms with E-state index < -0.39 is 37.9 Å². The summed E-state index contributed by atoms with van der Waals surface area (Å²) in [6.45, 7) is 3.33. The van der Waals surface area contributed by atoms with E-state index in [1.54, 1.807) is 0 Å². The quantitative estimate of drug-likeness (QED) is 0.786. The maximum absolute atomic E-state index is 12.6. The molecule has 0 aromatic heterocycles. The van der Waals surface area contributed by atoms with Crippen molar-refractivity contribution in [2.75, 3.05) is 5.32 Å². The first kappa shape index (κ1) is 17.0. The Morgan fingerprint density at radius 3 is 2.43 bits per heavy atom. The third-order valence-electron chi connectivity index (χ3n) is 2.51. The summed E-state index contributed by atoms with van der Waals surface area (Å²) in [6, 6.07) is 2.96. The van der Waals surface area contributed by atoms with Crippen LogP contribution in [0.2, 0.25) is 0 Å². The van der Waals surface area contributed by atoms with Crippen LogP contribution in [-0.2, 0) is 14.6 Å². The number of alkyl halides is 3. The molecule has 5 nitrogen and oxygen atoms in total. The number of nitrogens with one attached hydrogen (secondary N) is 1. The normalized spacial score (nSPS) is 13.5. The van der Waals surface area contributed by atoms with Crippen LogP contribution in [0.4, 0.5) is 18.9 Å². The molecule has 0 bridgehead atoms. The van der Waals surface area contributed by atoms with Gasteiger partial charge in [-0.25, -0.2) is 13.2 Å². The summed E-state index contributed by atoms with van der Waals surface area (Å²) in [6.07, 6.45) is 1.17. The van der Waals surface area contributed by atoms with Crippen molar-refractivity contribution in [2.45, 2.75) is 22.9 Å². The van der Waals surface area contributed by atoms with Gasteiger partial charge in [-0.2, -0.15) is 13.2 Å². The standard InChI is InChI=1S/C12H12F3NO4S/c1-2-5-9(11(17)18)16-8-6-3-4-7-10(8)21(19,20)12(13,14)15/h2-4,6-7,9,16H,1,5H2,(H,17,18). The number of anilines is 1. The van der Waals surface area contributed by atoms with Crippen LogP contribution < -0.4 is 5.32 Å². The fraction of sp³-hybridized carbons (Fsp3) is 0.250. The smallest absolute Gasteiger partial charge is 0.480 e. The highest BCUT2D eigenvalue weighted by Gasteiger charge is 2.48. The van der Waals surface area contributed by atoms with E-state index in [1.165, 1.54) is 12.1 Å². The number of hydrogen-bond donors (Lipinski definition) is 2. The zero-order valence-corrected chi connectivity index (χ0v) is 11.4. The van der Waals surface area contributed by atoms with Gasteiger partial charge in [0.2, 0.25) is 0 Å². The van der Waals surface area contributed by atoms with Gasteiger partial charge in [-0.15, -0.1) is 6.58 Å². The molecule has 0 aliphatic rings. The van der Waals surface area contributed by atoms with Crippen molar-refractivity contribution in [3.8, 4) is 0 Å². The molecule has 0 radical (unpaired) electrons. The monoisotopic (exact) mass is 323 g/mol. The number of benzene rings is 1. The molecule has 1 unspecified atom stereocenters. The first-order valence-corrected chi connectivity index (χ1v) is 7.10. The van der Waals surface area contributed by atoms with Crippen molar-refractivity contribution in [1.29, 1.82) is 0 Å². The lowest BCUT2D eigenvalue weighted by atomic mass is 10.2. The number of rotatable bonds is 6. The number of carboxylic acid groups (broad SMARTS) is 1. The predicted molar refractivity (Wildman–Crippen MR) is 69.5 cm³/mol. The van der Waals surface area contributed by atoms with Crippen LogP contribution in [0, 0.1) is 0 Å². The van der Waals surface area contributed by atoms with E-state index in [4.69, 9.17) is 5.11 Å². The first-order valence-electron chi connectivity index (χ1n) is 5.62. The summed E-state index contributed by atoms with van der Waals surface area (Å²) in [5.74, 6) is -1.34. The van der Waals surface area contributed by atoms with Crippen LogP contribution in [0.5, 0.6) is 0 Å². The molecular formula is C12H12F3NO4S. The minimum atomic E-state index is -5.57. The van der Waals surface area contributed by atoms with Crippen molar-refractivity contribution < 1.29 is 31.5 Å². The minimum absolute atomic E-state index is 0.0876. The highest BCUT2D eigenvalue weighted by molar-refractivity contribution is 7.92. The molecule has 1 aromatic carbocycles. The van der Waals surface area contributed by atoms with Gasteiger partial charge in [-0.05, 0) is 18.6 Å². The lowest BCUT2D eigenvalue weighted by Gasteiger charge is -2.18. The second-order valence-electron chi connectivity index (χ2n) is 4.00. The number of halogens is 3. The third-order valence-corrected chi connectivity index (χ3v) is 4.06. The molecule has 0 aliphatic carbocycles. The maximum Gasteiger partial charge on any atom is 0.501 e. The van der Waals surface area contributed by atoms with Crippen molar-refractivity contribution in [1.82, 2.24) is 0 Å². The van der Waals surface area contributed by atoms with E-state index in [-0.39, 0.29) is 6.42 Å². The topological polar surface area (TPSA) is 83.5 Å². The van der Waals surface area contributed by atoms with E-state index in [2.05, 4.69) is 11.9 Å². The minimum Gasteiger partial charge on any atom is -0.480 e. The van der Waals surface area contributed by atoms with Crippen LogP contribution in [0.15, 0.2) is 41.8 Å². The summed E-state index contributed by atoms with van der Waals surface area (Å²) < 4.78 is 60.7. The summed E-state index contributed by atoms with van der Waals surface area (Å²) in [7, 11) is -5.57. The van der Waals surface area contributed by atoms with Gasteiger partial charge in [0.1, 0.15) is 6.04 Å². The van der Waals surface area contributed by atoms with E-state index in [9.17, 15) is 26.4 Å². The molecule has 1 rings (SSSR count). The molecule has 9 heteroatoms. The molecule has 0 saturated heterocycles. The molecule has 0 heterocycles. The van der Waals surface area contributed by atoms with Gasteiger partial charge in [0.05, 0.1) is 10.6 Å². The Morgan fingerprint density at radius 1 is 1.38 bits per heavy atom. The molecule has 0 spiro atoms. The largest absolute Gasteiger partial charge is 0.501 e. The molecule has 0 amide bonds. The average molecular weight is 323 g/mol. The summed E-state index contributed by atoms with van der Waals surface area (Å²) in [4.78, 5) is 9.95. The van der Waals surface area contributed by atoms with Crippen molar-refractivity contribution in [3.05, 3.63) is 36.9 Å². The predicted octanol–water partition coefficient (Wildman–Crippen LogP) is 2.42. The Balaban J connectivity index is 3.28. The summed E-state index contributed by atoms with van der Waals surface area (Å²) in [5.41, 5.74) is -5.90. The number of carboxylic acids is 1. The fourth-order valence-electron chi connectivity index (χ4n) is 1.52. The van der Waals surface area contributed by atoms with Crippen LogP contribution in [0.25, 0.3) is 0 Å². The number of aliphatic carboxylic acids is 1. The molecule has 0 fully saturated rings. The average Bonchev–Trinajstić information content (AvgIpc) is 2.37. The highest BCUT2D eigenvalue weighted by atomic mass is 32.2. The Kier molecular flexibility index (Phi) is 5.00. The van der Waals surface area contributed by atoms with Crippen LogP contribution >= 0.6 is 0 Å². The Bertz CT molecular complexity index is 640. The fourth-order valence-corrected chi connectivity index (χ4v) is 2.44. The Hall–Kier alpha value is -2.03. The number of carbonyl (C=O) groups is 1. The molecule has 1 atom stereocenters. The van der Waals surface area contributed by atoms with Crippen molar-refractivity contribution in [2.24, 2.45) is 0 Å². The molecule has 2 N–H and O–H groups in total. The van der Waals surface area contributed by atoms with Crippen LogP contribution in [-0.4, -0.2) is 31.0 Å². The SMILES string of the molecule is C=CCC(Nc1ccccc1S(=O)(=O)C(F)(F)F)C(=O)O. The van der Waals surface area contributed by atoms with E-state index in [0.29, 0.717) is 0 Å². The third kappa shape index (κ3) is 3.75. The van der Waals surface area contributed by atoms with Gasteiger partial charge in [0.15, 0.2) is 0 Å². The van der Waals surface area contributed by atoms with Crippen molar-refractivity contribution >= 4 is 21.5 Å². The van der Waals surface area contributed by atoms with Gasteiger partial charge in [-0.3, -0.25) is 0 Å². The molecule has 0 aliphatic heterocycles. The van der Waals surface area contributed by atoms with Crippen LogP contribution in [0.1, 0.15) is 6.42 Å². The number of para-hydroxylation sites is 1. The van der Waals surface area contributed by atoms with Crippen LogP contribution in [0.3, 0.4) is 0 Å². The second kappa shape index (κ2) is 6.17. The zero-order valence-electron chi connectivity index (χ0n) is 10.6. The lowest BCUT2D eigenvalue weighted by molar-refractivity contribution is -0.137. The molecule has 1 aromatic rings. The second-order valence-corrected chi connectivity index (χ2v) is 5.91. The Labute approximate surface area is 119 Å². The molecule has 0 saturated carbocycles. The van der Waals surface area contributed by atoms with Gasteiger partial charge >= 0.3 is 11.5 Å². The number of sulfone groups is 1. The van der Waals surface area contributed by atoms with E-state index in [0.717, 1.165) is 18.2 Å². The molecule has 21 heavy (non-hydrogen) atoms. The van der Waals surface area contributed by atoms with Gasteiger partial charge in [-0.1, -0.05) is 18.2 Å². The Morgan fingerprint density at radius 2 is 1.95 bits per heavy atom. The lowest BCUT2D eigenvalue weighted by Crippen LogP contribution is -2.30. The zero-order chi connectivity index (χ0) is 16.3. The van der Waals surface area contributed by atoms with Gasteiger partial charge < -0.3 is 10.4 Å². The van der Waals surface area contributed by atoms with E-state index in [1.807, 2.05) is 0 Å². The molecular weight excluding hydrogens is 311 g/mol.